The molecule has 0 spiro atoms. The SMILES string of the molecule is Fc1c(Cl)ncc2c(N3CCCC(F)(F)C3)nc(OC[C@@]34CCCN3C[C@H](F)C4)nc12. The molecular weight excluding hydrogens is 438 g/mol. The molecule has 0 radical (unpaired) electrons. The monoisotopic (exact) mass is 459 g/mol. The Labute approximate surface area is 181 Å². The number of pyridine rings is 1. The normalized spacial score (nSPS) is 28.3. The maximum Gasteiger partial charge on any atom is 0.319 e. The van der Waals surface area contributed by atoms with Crippen LogP contribution in [0.2, 0.25) is 5.15 Å². The minimum Gasteiger partial charge on any atom is -0.461 e. The highest BCUT2D eigenvalue weighted by atomic mass is 35.5. The number of halogens is 5. The quantitative estimate of drug-likeness (QED) is 0.509. The number of aromatic nitrogens is 3. The van der Waals surface area contributed by atoms with Crippen LogP contribution in [0.1, 0.15) is 32.1 Å². The van der Waals surface area contributed by atoms with Gasteiger partial charge < -0.3 is 9.64 Å². The Kier molecular flexibility index (Phi) is 5.12. The number of anilines is 1. The Balaban J connectivity index is 1.50. The van der Waals surface area contributed by atoms with Crippen LogP contribution in [-0.2, 0) is 0 Å². The number of rotatable bonds is 4. The molecule has 3 aliphatic heterocycles. The van der Waals surface area contributed by atoms with Crippen molar-refractivity contribution in [2.75, 3.05) is 37.7 Å². The van der Waals surface area contributed by atoms with Gasteiger partial charge in [0.05, 0.1) is 17.5 Å². The molecule has 6 nitrogen and oxygen atoms in total. The van der Waals surface area contributed by atoms with E-state index >= 15 is 0 Å². The molecule has 0 aromatic carbocycles. The Bertz CT molecular complexity index is 1010. The fourth-order valence-corrected chi connectivity index (χ4v) is 5.24. The second-order valence-corrected chi connectivity index (χ2v) is 9.06. The van der Waals surface area contributed by atoms with Crippen molar-refractivity contribution in [2.24, 2.45) is 0 Å². The Morgan fingerprint density at radius 1 is 1.19 bits per heavy atom. The molecule has 31 heavy (non-hydrogen) atoms. The molecule has 5 rings (SSSR count). The van der Waals surface area contributed by atoms with Crippen LogP contribution < -0.4 is 9.64 Å². The predicted octanol–water partition coefficient (Wildman–Crippen LogP) is 4.01. The zero-order chi connectivity index (χ0) is 21.8. The summed E-state index contributed by atoms with van der Waals surface area (Å²) in [4.78, 5) is 15.8. The van der Waals surface area contributed by atoms with Crippen LogP contribution in [0.4, 0.5) is 23.4 Å². The van der Waals surface area contributed by atoms with Crippen LogP contribution in [-0.4, -0.2) is 70.3 Å². The summed E-state index contributed by atoms with van der Waals surface area (Å²) in [5.41, 5.74) is -0.575. The lowest BCUT2D eigenvalue weighted by Gasteiger charge is -2.34. The van der Waals surface area contributed by atoms with Crippen LogP contribution in [0.25, 0.3) is 10.9 Å². The first-order valence-electron chi connectivity index (χ1n) is 10.4. The molecule has 0 unspecified atom stereocenters. The second kappa shape index (κ2) is 7.58. The summed E-state index contributed by atoms with van der Waals surface area (Å²) in [6.07, 6.45) is 2.51. The minimum absolute atomic E-state index is 0.135. The topological polar surface area (TPSA) is 54.4 Å². The number of fused-ring (bicyclic) bond motifs is 2. The van der Waals surface area contributed by atoms with Gasteiger partial charge in [-0.2, -0.15) is 9.97 Å². The average molecular weight is 460 g/mol. The summed E-state index contributed by atoms with van der Waals surface area (Å²) >= 11 is 5.82. The minimum atomic E-state index is -2.88. The lowest BCUT2D eigenvalue weighted by atomic mass is 9.95. The average Bonchev–Trinajstić information content (AvgIpc) is 3.24. The first kappa shape index (κ1) is 20.9. The third-order valence-corrected chi connectivity index (χ3v) is 6.79. The molecule has 5 heterocycles. The Morgan fingerprint density at radius 3 is 2.81 bits per heavy atom. The van der Waals surface area contributed by atoms with Crippen LogP contribution in [0.15, 0.2) is 6.20 Å². The van der Waals surface area contributed by atoms with E-state index in [-0.39, 0.29) is 47.3 Å². The van der Waals surface area contributed by atoms with Gasteiger partial charge in [-0.25, -0.2) is 22.5 Å². The molecule has 0 saturated carbocycles. The first-order valence-corrected chi connectivity index (χ1v) is 10.8. The predicted molar refractivity (Wildman–Crippen MR) is 107 cm³/mol. The molecule has 2 atom stereocenters. The molecule has 3 aliphatic rings. The summed E-state index contributed by atoms with van der Waals surface area (Å²) in [6.45, 7) is 1.12. The molecule has 168 valence electrons. The standard InChI is InChI=1S/C20H22ClF4N5O/c21-16-14(23)15-13(8-26-16)17(29-5-2-4-20(24,25)10-29)28-18(27-15)31-11-19-3-1-6-30(19)9-12(22)7-19/h8,12H,1-7,9-11H2/t12-,19+/m1/s1. The van der Waals surface area contributed by atoms with Gasteiger partial charge in [0.1, 0.15) is 24.1 Å². The van der Waals surface area contributed by atoms with E-state index in [0.717, 1.165) is 19.4 Å². The summed E-state index contributed by atoms with van der Waals surface area (Å²) in [5, 5.41) is -0.180. The van der Waals surface area contributed by atoms with E-state index in [0.29, 0.717) is 19.5 Å². The van der Waals surface area contributed by atoms with Crippen molar-refractivity contribution in [3.63, 3.8) is 0 Å². The van der Waals surface area contributed by atoms with E-state index in [1.54, 1.807) is 0 Å². The lowest BCUT2D eigenvalue weighted by Crippen LogP contribution is -2.44. The summed E-state index contributed by atoms with van der Waals surface area (Å²) in [5.74, 6) is -3.60. The van der Waals surface area contributed by atoms with Crippen LogP contribution in [0.5, 0.6) is 6.01 Å². The Hall–Kier alpha value is -1.94. The van der Waals surface area contributed by atoms with Crippen LogP contribution in [0, 0.1) is 5.82 Å². The van der Waals surface area contributed by atoms with Crippen LogP contribution >= 0.6 is 11.6 Å². The van der Waals surface area contributed by atoms with Gasteiger partial charge in [0.15, 0.2) is 11.0 Å². The van der Waals surface area contributed by atoms with Crippen molar-refractivity contribution < 1.29 is 22.3 Å². The molecule has 3 saturated heterocycles. The van der Waals surface area contributed by atoms with E-state index < -0.39 is 30.0 Å². The second-order valence-electron chi connectivity index (χ2n) is 8.70. The van der Waals surface area contributed by atoms with E-state index in [1.165, 1.54) is 11.1 Å². The zero-order valence-corrected chi connectivity index (χ0v) is 17.5. The van der Waals surface area contributed by atoms with Gasteiger partial charge >= 0.3 is 6.01 Å². The first-order chi connectivity index (χ1) is 14.8. The number of alkyl halides is 3. The molecule has 0 bridgehead atoms. The summed E-state index contributed by atoms with van der Waals surface area (Å²) in [7, 11) is 0. The van der Waals surface area contributed by atoms with Crippen LogP contribution in [0.3, 0.4) is 0 Å². The van der Waals surface area contributed by atoms with Gasteiger partial charge in [0, 0.05) is 32.1 Å². The van der Waals surface area contributed by atoms with Gasteiger partial charge in [-0.1, -0.05) is 11.6 Å². The maximum absolute atomic E-state index is 14.7. The smallest absolute Gasteiger partial charge is 0.319 e. The molecule has 11 heteroatoms. The lowest BCUT2D eigenvalue weighted by molar-refractivity contribution is -0.0118. The number of hydrogen-bond donors (Lipinski definition) is 0. The maximum atomic E-state index is 14.7. The number of ether oxygens (including phenoxy) is 1. The fraction of sp³-hybridized carbons (Fsp3) is 0.650. The number of nitrogens with zero attached hydrogens (tertiary/aromatic N) is 5. The van der Waals surface area contributed by atoms with E-state index in [9.17, 15) is 17.6 Å². The molecule has 0 amide bonds. The summed E-state index contributed by atoms with van der Waals surface area (Å²) < 4.78 is 62.7. The molecule has 2 aromatic rings. The molecule has 3 fully saturated rings. The number of piperidine rings is 1. The van der Waals surface area contributed by atoms with Gasteiger partial charge in [-0.15, -0.1) is 0 Å². The van der Waals surface area contributed by atoms with Crippen molar-refractivity contribution in [2.45, 2.75) is 49.7 Å². The van der Waals surface area contributed by atoms with Crippen molar-refractivity contribution in [1.82, 2.24) is 19.9 Å². The molecule has 2 aromatic heterocycles. The largest absolute Gasteiger partial charge is 0.461 e. The third kappa shape index (κ3) is 3.77. The van der Waals surface area contributed by atoms with Gasteiger partial charge in [0.25, 0.3) is 5.92 Å². The van der Waals surface area contributed by atoms with E-state index in [2.05, 4.69) is 19.9 Å². The van der Waals surface area contributed by atoms with Gasteiger partial charge in [-0.05, 0) is 25.8 Å². The van der Waals surface area contributed by atoms with Gasteiger partial charge in [0.2, 0.25) is 0 Å². The highest BCUT2D eigenvalue weighted by Crippen LogP contribution is 2.41. The van der Waals surface area contributed by atoms with Crippen molar-refractivity contribution >= 4 is 28.3 Å². The Morgan fingerprint density at radius 2 is 2.00 bits per heavy atom. The number of hydrogen-bond acceptors (Lipinski definition) is 6. The van der Waals surface area contributed by atoms with Crippen molar-refractivity contribution in [3.8, 4) is 6.01 Å². The molecule has 0 N–H and O–H groups in total. The highest BCUT2D eigenvalue weighted by Gasteiger charge is 2.49. The van der Waals surface area contributed by atoms with E-state index in [4.69, 9.17) is 16.3 Å². The highest BCUT2D eigenvalue weighted by molar-refractivity contribution is 6.30. The zero-order valence-electron chi connectivity index (χ0n) is 16.8. The fourth-order valence-electron chi connectivity index (χ4n) is 5.10. The molecule has 0 aliphatic carbocycles. The van der Waals surface area contributed by atoms with Crippen molar-refractivity contribution in [1.29, 1.82) is 0 Å². The molecular formula is C20H22ClF4N5O. The summed E-state index contributed by atoms with van der Waals surface area (Å²) in [6, 6.07) is -0.138. The third-order valence-electron chi connectivity index (χ3n) is 6.52. The van der Waals surface area contributed by atoms with Gasteiger partial charge in [-0.3, -0.25) is 4.90 Å². The van der Waals surface area contributed by atoms with E-state index in [1.807, 2.05) is 0 Å². The van der Waals surface area contributed by atoms with Crippen molar-refractivity contribution in [3.05, 3.63) is 17.2 Å².